The number of amides is 2. The molecule has 20 heavy (non-hydrogen) atoms. The minimum Gasteiger partial charge on any atom is -0.480 e. The van der Waals surface area contributed by atoms with Crippen molar-refractivity contribution in [3.8, 4) is 0 Å². The number of nitrogens with one attached hydrogen (secondary N) is 2. The lowest BCUT2D eigenvalue weighted by Crippen LogP contribution is -2.55. The quantitative estimate of drug-likeness (QED) is 0.488. The van der Waals surface area contributed by atoms with Crippen LogP contribution in [0.5, 0.6) is 0 Å². The van der Waals surface area contributed by atoms with Gasteiger partial charge in [0.25, 0.3) is 0 Å². The third kappa shape index (κ3) is 5.56. The van der Waals surface area contributed by atoms with Crippen LogP contribution in [0.3, 0.4) is 0 Å². The van der Waals surface area contributed by atoms with E-state index in [2.05, 4.69) is 10.6 Å². The van der Waals surface area contributed by atoms with Crippen LogP contribution in [-0.4, -0.2) is 41.5 Å². The van der Waals surface area contributed by atoms with Crippen LogP contribution in [0, 0.1) is 11.8 Å². The van der Waals surface area contributed by atoms with Crippen LogP contribution in [0.15, 0.2) is 0 Å². The Labute approximate surface area is 119 Å². The lowest BCUT2D eigenvalue weighted by molar-refractivity contribution is -0.144. The molecule has 0 unspecified atom stereocenters. The molecule has 0 aliphatic carbocycles. The lowest BCUT2D eigenvalue weighted by Gasteiger charge is -2.26. The van der Waals surface area contributed by atoms with Crippen LogP contribution < -0.4 is 16.4 Å². The molecule has 0 aromatic carbocycles. The maximum Gasteiger partial charge on any atom is 0.326 e. The molecule has 0 aromatic heterocycles. The van der Waals surface area contributed by atoms with Gasteiger partial charge in [-0.2, -0.15) is 0 Å². The van der Waals surface area contributed by atoms with Crippen molar-refractivity contribution < 1.29 is 19.5 Å². The Hall–Kier alpha value is -1.63. The Balaban J connectivity index is 4.89. The van der Waals surface area contributed by atoms with Crippen molar-refractivity contribution in [2.75, 3.05) is 6.54 Å². The summed E-state index contributed by atoms with van der Waals surface area (Å²) in [6.07, 6.45) is 0.624. The summed E-state index contributed by atoms with van der Waals surface area (Å²) in [5.41, 5.74) is 5.20. The summed E-state index contributed by atoms with van der Waals surface area (Å²) < 4.78 is 0. The summed E-state index contributed by atoms with van der Waals surface area (Å²) >= 11 is 0. The number of carbonyl (C=O) groups excluding carboxylic acids is 2. The molecule has 2 amide bonds. The number of aliphatic carboxylic acids is 1. The third-order valence-electron chi connectivity index (χ3n) is 3.23. The van der Waals surface area contributed by atoms with E-state index in [1.165, 1.54) is 0 Å². The number of hydrogen-bond acceptors (Lipinski definition) is 4. The number of carboxylic acid groups (broad SMARTS) is 1. The fourth-order valence-electron chi connectivity index (χ4n) is 1.69. The van der Waals surface area contributed by atoms with Crippen LogP contribution in [0.4, 0.5) is 0 Å². The van der Waals surface area contributed by atoms with Gasteiger partial charge in [-0.15, -0.1) is 0 Å². The summed E-state index contributed by atoms with van der Waals surface area (Å²) in [4.78, 5) is 34.6. The first-order valence-electron chi connectivity index (χ1n) is 6.77. The molecule has 0 spiro atoms. The molecule has 0 saturated heterocycles. The third-order valence-corrected chi connectivity index (χ3v) is 3.23. The van der Waals surface area contributed by atoms with Gasteiger partial charge in [0, 0.05) is 0 Å². The predicted octanol–water partition coefficient (Wildman–Crippen LogP) is -0.299. The topological polar surface area (TPSA) is 122 Å². The first-order chi connectivity index (χ1) is 9.24. The molecule has 0 rings (SSSR count). The molecule has 3 atom stereocenters. The molecule has 0 aromatic rings. The molecule has 0 fully saturated rings. The van der Waals surface area contributed by atoms with Crippen molar-refractivity contribution in [3.63, 3.8) is 0 Å². The summed E-state index contributed by atoms with van der Waals surface area (Å²) in [5, 5.41) is 14.1. The van der Waals surface area contributed by atoms with Crippen LogP contribution in [0.2, 0.25) is 0 Å². The average Bonchev–Trinajstić information content (AvgIpc) is 2.39. The lowest BCUT2D eigenvalue weighted by atomic mass is 9.97. The van der Waals surface area contributed by atoms with E-state index in [0.717, 1.165) is 0 Å². The van der Waals surface area contributed by atoms with Gasteiger partial charge in [-0.3, -0.25) is 9.59 Å². The Bertz CT molecular complexity index is 358. The Morgan fingerprint density at radius 3 is 2.00 bits per heavy atom. The van der Waals surface area contributed by atoms with Gasteiger partial charge in [-0.05, 0) is 11.8 Å². The minimum absolute atomic E-state index is 0.170. The van der Waals surface area contributed by atoms with Crippen molar-refractivity contribution in [1.82, 2.24) is 10.6 Å². The molecule has 0 heterocycles. The number of rotatable bonds is 8. The van der Waals surface area contributed by atoms with E-state index < -0.39 is 29.9 Å². The van der Waals surface area contributed by atoms with Crippen molar-refractivity contribution in [1.29, 1.82) is 0 Å². The van der Waals surface area contributed by atoms with Crippen LogP contribution in [0.1, 0.15) is 34.1 Å². The largest absolute Gasteiger partial charge is 0.480 e. The maximum absolute atomic E-state index is 12.1. The Morgan fingerprint density at radius 2 is 1.65 bits per heavy atom. The molecule has 0 bridgehead atoms. The second kappa shape index (κ2) is 8.52. The second-order valence-corrected chi connectivity index (χ2v) is 5.20. The van der Waals surface area contributed by atoms with Gasteiger partial charge in [0.05, 0.1) is 6.54 Å². The van der Waals surface area contributed by atoms with E-state index in [1.54, 1.807) is 20.8 Å². The zero-order valence-corrected chi connectivity index (χ0v) is 12.5. The second-order valence-electron chi connectivity index (χ2n) is 5.20. The average molecular weight is 287 g/mol. The highest BCUT2D eigenvalue weighted by Gasteiger charge is 2.30. The SMILES string of the molecule is CC[C@H](C)[C@H](NC(=O)[C@@H](NC(=O)CN)C(C)C)C(=O)O. The van der Waals surface area contributed by atoms with Crippen molar-refractivity contribution in [2.45, 2.75) is 46.2 Å². The van der Waals surface area contributed by atoms with Crippen LogP contribution in [0.25, 0.3) is 0 Å². The molecule has 0 saturated carbocycles. The van der Waals surface area contributed by atoms with E-state index in [0.29, 0.717) is 6.42 Å². The fourth-order valence-corrected chi connectivity index (χ4v) is 1.69. The predicted molar refractivity (Wildman–Crippen MR) is 74.8 cm³/mol. The Kier molecular flexibility index (Phi) is 7.83. The zero-order chi connectivity index (χ0) is 15.9. The summed E-state index contributed by atoms with van der Waals surface area (Å²) in [6.45, 7) is 6.91. The van der Waals surface area contributed by atoms with Gasteiger partial charge in [-0.25, -0.2) is 4.79 Å². The molecular weight excluding hydrogens is 262 g/mol. The fraction of sp³-hybridized carbons (Fsp3) is 0.769. The number of nitrogens with two attached hydrogens (primary N) is 1. The van der Waals surface area contributed by atoms with Crippen molar-refractivity contribution in [3.05, 3.63) is 0 Å². The van der Waals surface area contributed by atoms with Gasteiger partial charge in [0.2, 0.25) is 11.8 Å². The number of hydrogen-bond donors (Lipinski definition) is 4. The van der Waals surface area contributed by atoms with E-state index in [4.69, 9.17) is 10.8 Å². The van der Waals surface area contributed by atoms with Gasteiger partial charge in [0.15, 0.2) is 0 Å². The highest BCUT2D eigenvalue weighted by molar-refractivity contribution is 5.91. The molecule has 0 aliphatic rings. The smallest absolute Gasteiger partial charge is 0.326 e. The number of carboxylic acids is 1. The molecular formula is C13H25N3O4. The monoisotopic (exact) mass is 287 g/mol. The van der Waals surface area contributed by atoms with Crippen LogP contribution >= 0.6 is 0 Å². The zero-order valence-electron chi connectivity index (χ0n) is 12.5. The van der Waals surface area contributed by atoms with Crippen LogP contribution in [-0.2, 0) is 14.4 Å². The summed E-state index contributed by atoms with van der Waals surface area (Å²) in [6, 6.07) is -1.76. The van der Waals surface area contributed by atoms with Crippen molar-refractivity contribution >= 4 is 17.8 Å². The van der Waals surface area contributed by atoms with Gasteiger partial charge in [-0.1, -0.05) is 34.1 Å². The molecule has 7 nitrogen and oxygen atoms in total. The van der Waals surface area contributed by atoms with E-state index in [1.807, 2.05) is 6.92 Å². The number of carbonyl (C=O) groups is 3. The maximum atomic E-state index is 12.1. The first kappa shape index (κ1) is 18.4. The van der Waals surface area contributed by atoms with E-state index in [9.17, 15) is 14.4 Å². The van der Waals surface area contributed by atoms with E-state index >= 15 is 0 Å². The highest BCUT2D eigenvalue weighted by atomic mass is 16.4. The normalized spacial score (nSPS) is 15.3. The molecule has 5 N–H and O–H groups in total. The molecule has 116 valence electrons. The molecule has 0 aliphatic heterocycles. The van der Waals surface area contributed by atoms with Gasteiger partial charge in [0.1, 0.15) is 12.1 Å². The minimum atomic E-state index is -1.08. The summed E-state index contributed by atoms with van der Waals surface area (Å²) in [7, 11) is 0. The molecule has 0 radical (unpaired) electrons. The van der Waals surface area contributed by atoms with Gasteiger partial charge >= 0.3 is 5.97 Å². The molecule has 7 heteroatoms. The Morgan fingerprint density at radius 1 is 1.10 bits per heavy atom. The van der Waals surface area contributed by atoms with Crippen molar-refractivity contribution in [2.24, 2.45) is 17.6 Å². The first-order valence-corrected chi connectivity index (χ1v) is 6.77. The highest BCUT2D eigenvalue weighted by Crippen LogP contribution is 2.10. The van der Waals surface area contributed by atoms with Gasteiger partial charge < -0.3 is 21.5 Å². The standard InChI is InChI=1S/C13H25N3O4/c1-5-8(4)11(13(19)20)16-12(18)10(7(2)3)15-9(17)6-14/h7-8,10-11H,5-6,14H2,1-4H3,(H,15,17)(H,16,18)(H,19,20)/t8-,10-,11-/m0/s1. The summed E-state index contributed by atoms with van der Waals surface area (Å²) in [5.74, 6) is -2.41. The van der Waals surface area contributed by atoms with E-state index in [-0.39, 0.29) is 18.4 Å².